The molecule has 1 aromatic heterocycles. The first-order valence-corrected chi connectivity index (χ1v) is 9.86. The van der Waals surface area contributed by atoms with Crippen molar-refractivity contribution >= 4 is 27.3 Å². The van der Waals surface area contributed by atoms with Crippen LogP contribution in [-0.4, -0.2) is 74.2 Å². The molecule has 130 valence electrons. The van der Waals surface area contributed by atoms with Gasteiger partial charge in [-0.3, -0.25) is 9.69 Å². The Morgan fingerprint density at radius 1 is 1.48 bits per heavy atom. The molecule has 1 aromatic rings. The first kappa shape index (κ1) is 18.3. The number of nitrogens with one attached hydrogen (secondary N) is 1. The molecule has 0 bridgehead atoms. The number of β-amino-alcohol motifs (C(OH)–C–C–N with tert-alkyl or cyclic N) is 1. The highest BCUT2D eigenvalue weighted by molar-refractivity contribution is 7.89. The van der Waals surface area contributed by atoms with Gasteiger partial charge in [-0.1, -0.05) is 6.07 Å². The Hall–Kier alpha value is -1.00. The number of thiophene rings is 1. The quantitative estimate of drug-likeness (QED) is 0.686. The summed E-state index contributed by atoms with van der Waals surface area (Å²) in [6, 6.07) is 3.88. The van der Waals surface area contributed by atoms with E-state index in [2.05, 4.69) is 5.32 Å². The van der Waals surface area contributed by atoms with Crippen LogP contribution in [0.2, 0.25) is 0 Å². The fourth-order valence-electron chi connectivity index (χ4n) is 2.51. The molecule has 9 heteroatoms. The molecule has 1 amide bonds. The lowest BCUT2D eigenvalue weighted by atomic mass is 10.1. The van der Waals surface area contributed by atoms with Gasteiger partial charge >= 0.3 is 0 Å². The zero-order valence-electron chi connectivity index (χ0n) is 13.3. The minimum atomic E-state index is -3.36. The van der Waals surface area contributed by atoms with Gasteiger partial charge in [0.05, 0.1) is 24.9 Å². The summed E-state index contributed by atoms with van der Waals surface area (Å²) in [5, 5.41) is 14.8. The lowest BCUT2D eigenvalue weighted by Crippen LogP contribution is -2.36. The second kappa shape index (κ2) is 7.71. The Bertz CT molecular complexity index is 616. The number of hydrogen-bond acceptors (Lipinski definition) is 6. The van der Waals surface area contributed by atoms with Crippen LogP contribution in [0.4, 0.5) is 0 Å². The second-order valence-electron chi connectivity index (χ2n) is 5.94. The van der Waals surface area contributed by atoms with Crippen LogP contribution >= 0.6 is 11.3 Å². The fourth-order valence-corrected chi connectivity index (χ4v) is 4.32. The SMILES string of the molecule is CN(C)S(=O)(=O)C[C@@H]1CN(CC(=O)NCc2cccs2)C[C@@H]1O. The van der Waals surface area contributed by atoms with Crippen LogP contribution in [0.1, 0.15) is 4.88 Å². The van der Waals surface area contributed by atoms with Gasteiger partial charge < -0.3 is 10.4 Å². The van der Waals surface area contributed by atoms with E-state index in [9.17, 15) is 18.3 Å². The molecule has 2 rings (SSSR count). The van der Waals surface area contributed by atoms with E-state index in [4.69, 9.17) is 0 Å². The third-order valence-electron chi connectivity index (χ3n) is 3.87. The van der Waals surface area contributed by atoms with E-state index < -0.39 is 16.1 Å². The summed E-state index contributed by atoms with van der Waals surface area (Å²) in [4.78, 5) is 14.8. The summed E-state index contributed by atoms with van der Waals surface area (Å²) < 4.78 is 25.0. The largest absolute Gasteiger partial charge is 0.391 e. The first-order chi connectivity index (χ1) is 10.8. The number of carbonyl (C=O) groups excluding carboxylic acids is 1. The van der Waals surface area contributed by atoms with E-state index in [1.165, 1.54) is 14.1 Å². The molecule has 0 radical (unpaired) electrons. The average molecular weight is 361 g/mol. The number of amides is 1. The maximum absolute atomic E-state index is 11.9. The number of likely N-dealkylation sites (tertiary alicyclic amines) is 1. The van der Waals surface area contributed by atoms with E-state index in [1.807, 2.05) is 17.5 Å². The van der Waals surface area contributed by atoms with Crippen molar-refractivity contribution in [1.29, 1.82) is 0 Å². The predicted octanol–water partition coefficient (Wildman–Crippen LogP) is -0.452. The number of hydrogen-bond donors (Lipinski definition) is 2. The van der Waals surface area contributed by atoms with Crippen molar-refractivity contribution in [2.75, 3.05) is 39.5 Å². The Kier molecular flexibility index (Phi) is 6.15. The molecule has 23 heavy (non-hydrogen) atoms. The van der Waals surface area contributed by atoms with Crippen LogP contribution in [0, 0.1) is 5.92 Å². The standard InChI is InChI=1S/C14H23N3O4S2/c1-16(2)23(20,21)10-11-7-17(8-13(11)18)9-14(19)15-6-12-4-3-5-22-12/h3-5,11,13,18H,6-10H2,1-2H3,(H,15,19)/t11-,13-/m0/s1. The molecule has 0 aromatic carbocycles. The van der Waals surface area contributed by atoms with Crippen LogP contribution in [0.25, 0.3) is 0 Å². The summed E-state index contributed by atoms with van der Waals surface area (Å²) >= 11 is 1.58. The molecule has 1 saturated heterocycles. The van der Waals surface area contributed by atoms with Crippen molar-refractivity contribution in [2.24, 2.45) is 5.92 Å². The maximum Gasteiger partial charge on any atom is 0.234 e. The summed E-state index contributed by atoms with van der Waals surface area (Å²) in [6.45, 7) is 1.38. The third-order valence-corrected chi connectivity index (χ3v) is 6.71. The van der Waals surface area contributed by atoms with Gasteiger partial charge in [-0.05, 0) is 11.4 Å². The Labute approximate surface area is 141 Å². The molecule has 2 N–H and O–H groups in total. The molecule has 1 aliphatic rings. The van der Waals surface area contributed by atoms with Crippen molar-refractivity contribution in [3.05, 3.63) is 22.4 Å². The zero-order valence-corrected chi connectivity index (χ0v) is 14.9. The van der Waals surface area contributed by atoms with Crippen molar-refractivity contribution in [3.63, 3.8) is 0 Å². The topological polar surface area (TPSA) is 90.0 Å². The lowest BCUT2D eigenvalue weighted by molar-refractivity contribution is -0.122. The van der Waals surface area contributed by atoms with E-state index in [1.54, 1.807) is 16.2 Å². The smallest absolute Gasteiger partial charge is 0.234 e. The van der Waals surface area contributed by atoms with Gasteiger partial charge in [0.1, 0.15) is 0 Å². The number of aliphatic hydroxyl groups excluding tert-OH is 1. The van der Waals surface area contributed by atoms with Crippen molar-refractivity contribution in [2.45, 2.75) is 12.6 Å². The highest BCUT2D eigenvalue weighted by atomic mass is 32.2. The fraction of sp³-hybridized carbons (Fsp3) is 0.643. The lowest BCUT2D eigenvalue weighted by Gasteiger charge is -2.17. The molecule has 0 spiro atoms. The molecule has 2 atom stereocenters. The first-order valence-electron chi connectivity index (χ1n) is 7.37. The van der Waals surface area contributed by atoms with Crippen LogP contribution in [0.5, 0.6) is 0 Å². The van der Waals surface area contributed by atoms with Gasteiger partial charge in [-0.25, -0.2) is 12.7 Å². The van der Waals surface area contributed by atoms with E-state index in [0.29, 0.717) is 19.6 Å². The van der Waals surface area contributed by atoms with Gasteiger partial charge in [0, 0.05) is 38.0 Å². The molecule has 1 fully saturated rings. The van der Waals surface area contributed by atoms with Gasteiger partial charge in [0.15, 0.2) is 0 Å². The predicted molar refractivity (Wildman–Crippen MR) is 89.6 cm³/mol. The number of nitrogens with zero attached hydrogens (tertiary/aromatic N) is 2. The summed E-state index contributed by atoms with van der Waals surface area (Å²) in [6.07, 6.45) is -0.727. The van der Waals surface area contributed by atoms with Gasteiger partial charge in [-0.2, -0.15) is 0 Å². The molecule has 7 nitrogen and oxygen atoms in total. The van der Waals surface area contributed by atoms with E-state index in [-0.39, 0.29) is 24.1 Å². The normalized spacial score (nSPS) is 22.6. The highest BCUT2D eigenvalue weighted by Gasteiger charge is 2.35. The second-order valence-corrected chi connectivity index (χ2v) is 9.20. The maximum atomic E-state index is 11.9. The minimum Gasteiger partial charge on any atom is -0.391 e. The Morgan fingerprint density at radius 2 is 2.22 bits per heavy atom. The van der Waals surface area contributed by atoms with Crippen LogP contribution in [0.3, 0.4) is 0 Å². The van der Waals surface area contributed by atoms with Crippen molar-refractivity contribution in [1.82, 2.24) is 14.5 Å². The molecule has 0 saturated carbocycles. The number of aliphatic hydroxyl groups is 1. The van der Waals surface area contributed by atoms with Crippen molar-refractivity contribution in [3.8, 4) is 0 Å². The Balaban J connectivity index is 1.80. The number of sulfonamides is 1. The highest BCUT2D eigenvalue weighted by Crippen LogP contribution is 2.19. The molecule has 0 unspecified atom stereocenters. The van der Waals surface area contributed by atoms with E-state index in [0.717, 1.165) is 9.18 Å². The monoisotopic (exact) mass is 361 g/mol. The van der Waals surface area contributed by atoms with E-state index >= 15 is 0 Å². The van der Waals surface area contributed by atoms with Gasteiger partial charge in [-0.15, -0.1) is 11.3 Å². The molecule has 0 aliphatic carbocycles. The van der Waals surface area contributed by atoms with Crippen LogP contribution in [-0.2, 0) is 21.4 Å². The Morgan fingerprint density at radius 3 is 2.83 bits per heavy atom. The molecule has 1 aliphatic heterocycles. The average Bonchev–Trinajstić information content (AvgIpc) is 3.07. The summed E-state index contributed by atoms with van der Waals surface area (Å²) in [5.74, 6) is -0.594. The summed E-state index contributed by atoms with van der Waals surface area (Å²) in [7, 11) is -0.402. The van der Waals surface area contributed by atoms with Gasteiger partial charge in [0.2, 0.25) is 15.9 Å². The molecular weight excluding hydrogens is 338 g/mol. The van der Waals surface area contributed by atoms with Crippen LogP contribution in [0.15, 0.2) is 17.5 Å². The summed E-state index contributed by atoms with van der Waals surface area (Å²) in [5.41, 5.74) is 0. The van der Waals surface area contributed by atoms with Crippen LogP contribution < -0.4 is 5.32 Å². The molecule has 2 heterocycles. The zero-order chi connectivity index (χ0) is 17.0. The minimum absolute atomic E-state index is 0.103. The number of carbonyl (C=O) groups is 1. The third kappa shape index (κ3) is 5.25. The number of rotatable bonds is 7. The van der Waals surface area contributed by atoms with Gasteiger partial charge in [0.25, 0.3) is 0 Å². The van der Waals surface area contributed by atoms with Crippen molar-refractivity contribution < 1.29 is 18.3 Å². The molecular formula is C14H23N3O4S2.